The average Bonchev–Trinajstić information content (AvgIpc) is 3.09. The molecule has 0 aliphatic heterocycles. The number of halogens is 2. The number of nitrogens with zero attached hydrogens (tertiary/aromatic N) is 3. The minimum atomic E-state index is -0.538. The second kappa shape index (κ2) is 8.87. The summed E-state index contributed by atoms with van der Waals surface area (Å²) >= 11 is 5.79. The molecular formula is C17H19ClFN7O. The molecule has 0 unspecified atom stereocenters. The van der Waals surface area contributed by atoms with Crippen LogP contribution in [0.5, 0.6) is 0 Å². The van der Waals surface area contributed by atoms with Gasteiger partial charge < -0.3 is 15.6 Å². The van der Waals surface area contributed by atoms with Crippen LogP contribution in [0.4, 0.5) is 10.1 Å². The van der Waals surface area contributed by atoms with E-state index in [1.54, 1.807) is 12.3 Å². The van der Waals surface area contributed by atoms with Crippen LogP contribution < -0.4 is 16.1 Å². The molecule has 0 bridgehead atoms. The van der Waals surface area contributed by atoms with Crippen molar-refractivity contribution in [3.63, 3.8) is 0 Å². The molecule has 0 saturated heterocycles. The summed E-state index contributed by atoms with van der Waals surface area (Å²) < 4.78 is 13.3. The van der Waals surface area contributed by atoms with E-state index >= 15 is 0 Å². The van der Waals surface area contributed by atoms with Crippen molar-refractivity contribution < 1.29 is 9.60 Å². The quantitative estimate of drug-likeness (QED) is 0.183. The monoisotopic (exact) mass is 391 g/mol. The van der Waals surface area contributed by atoms with Crippen molar-refractivity contribution in [2.75, 3.05) is 20.1 Å². The molecule has 0 aliphatic rings. The zero-order valence-corrected chi connectivity index (χ0v) is 15.3. The van der Waals surface area contributed by atoms with E-state index < -0.39 is 5.82 Å². The highest BCUT2D eigenvalue weighted by Crippen LogP contribution is 2.23. The fourth-order valence-corrected chi connectivity index (χ4v) is 2.66. The third-order valence-corrected chi connectivity index (χ3v) is 4.08. The molecule has 0 fully saturated rings. The first kappa shape index (κ1) is 19.2. The van der Waals surface area contributed by atoms with E-state index in [1.165, 1.54) is 18.2 Å². The number of pyridine rings is 1. The topological polar surface area (TPSA) is 110 Å². The Morgan fingerprint density at radius 1 is 1.33 bits per heavy atom. The summed E-state index contributed by atoms with van der Waals surface area (Å²) in [5.74, 6) is 0.330. The van der Waals surface area contributed by atoms with E-state index in [0.29, 0.717) is 34.8 Å². The van der Waals surface area contributed by atoms with Gasteiger partial charge in [0, 0.05) is 24.8 Å². The average molecular weight is 392 g/mol. The lowest BCUT2D eigenvalue weighted by Crippen LogP contribution is -2.24. The maximum atomic E-state index is 13.3. The number of aromatic amines is 1. The van der Waals surface area contributed by atoms with Crippen molar-refractivity contribution in [1.29, 1.82) is 0 Å². The van der Waals surface area contributed by atoms with E-state index in [0.717, 1.165) is 13.1 Å². The van der Waals surface area contributed by atoms with Gasteiger partial charge in [-0.1, -0.05) is 11.6 Å². The summed E-state index contributed by atoms with van der Waals surface area (Å²) in [6, 6.07) is 5.73. The Balaban J connectivity index is 1.92. The number of hydroxylamine groups is 1. The molecule has 3 rings (SSSR count). The summed E-state index contributed by atoms with van der Waals surface area (Å²) in [6.07, 6.45) is 1.57. The molecule has 2 aromatic heterocycles. The molecule has 0 spiro atoms. The molecule has 3 aromatic rings. The maximum absolute atomic E-state index is 13.3. The molecule has 0 aliphatic carbocycles. The van der Waals surface area contributed by atoms with Gasteiger partial charge in [0.15, 0.2) is 11.5 Å². The Morgan fingerprint density at radius 3 is 2.93 bits per heavy atom. The number of fused-ring (bicyclic) bond motifs is 1. The van der Waals surface area contributed by atoms with Gasteiger partial charge in [0.25, 0.3) is 0 Å². The lowest BCUT2D eigenvalue weighted by molar-refractivity contribution is 0.235. The van der Waals surface area contributed by atoms with Crippen molar-refractivity contribution >= 4 is 34.3 Å². The lowest BCUT2D eigenvalue weighted by Gasteiger charge is -2.06. The molecule has 1 aromatic carbocycles. The minimum absolute atomic E-state index is 0.0510. The Labute approximate surface area is 159 Å². The molecule has 2 heterocycles. The van der Waals surface area contributed by atoms with Crippen LogP contribution in [0.25, 0.3) is 11.2 Å². The van der Waals surface area contributed by atoms with Crippen molar-refractivity contribution in [2.24, 2.45) is 4.99 Å². The normalized spacial score (nSPS) is 11.9. The molecule has 142 valence electrons. The molecule has 0 saturated carbocycles. The summed E-state index contributed by atoms with van der Waals surface area (Å²) in [6.45, 7) is 2.18. The molecule has 8 nitrogen and oxygen atoms in total. The van der Waals surface area contributed by atoms with Crippen molar-refractivity contribution in [3.8, 4) is 0 Å². The third kappa shape index (κ3) is 4.58. The summed E-state index contributed by atoms with van der Waals surface area (Å²) in [5, 5.41) is 15.8. The van der Waals surface area contributed by atoms with Crippen LogP contribution in [0.15, 0.2) is 35.5 Å². The van der Waals surface area contributed by atoms with Crippen LogP contribution in [0.1, 0.15) is 11.4 Å². The second-order valence-corrected chi connectivity index (χ2v) is 6.10. The molecule has 27 heavy (non-hydrogen) atoms. The van der Waals surface area contributed by atoms with Crippen LogP contribution in [0.2, 0.25) is 5.02 Å². The van der Waals surface area contributed by atoms with Crippen LogP contribution in [0, 0.1) is 5.82 Å². The number of hydrogen-bond donors (Lipinski definition) is 5. The summed E-state index contributed by atoms with van der Waals surface area (Å²) in [5.41, 5.74) is 4.15. The van der Waals surface area contributed by atoms with Crippen molar-refractivity contribution in [2.45, 2.75) is 6.54 Å². The van der Waals surface area contributed by atoms with E-state index in [9.17, 15) is 9.60 Å². The number of aliphatic imine (C=N–C) groups is 1. The number of H-pyrrole nitrogens is 1. The molecule has 0 radical (unpaired) electrons. The number of hydrogen-bond acceptors (Lipinski definition) is 6. The van der Waals surface area contributed by atoms with Crippen LogP contribution in [0.3, 0.4) is 0 Å². The number of rotatable bonds is 7. The van der Waals surface area contributed by atoms with E-state index in [2.05, 4.69) is 36.1 Å². The standard InChI is InChI=1S/C17H19ClFN7O/c1-20-6-7-21-9-14-24-15-11(4-5-22-17(15)25-14)16(26-27)23-10-2-3-13(19)12(18)8-10/h2-5,8,20-21,27H,6-7,9H2,1H3,(H,23,26)(H,22,24,25). The summed E-state index contributed by atoms with van der Waals surface area (Å²) in [4.78, 5) is 16.2. The van der Waals surface area contributed by atoms with Gasteiger partial charge in [-0.15, -0.1) is 0 Å². The van der Waals surface area contributed by atoms with Gasteiger partial charge >= 0.3 is 0 Å². The van der Waals surface area contributed by atoms with Crippen LogP contribution in [-0.2, 0) is 6.54 Å². The van der Waals surface area contributed by atoms with E-state index in [4.69, 9.17) is 11.6 Å². The molecule has 0 amide bonds. The zero-order chi connectivity index (χ0) is 19.2. The first-order valence-corrected chi connectivity index (χ1v) is 8.63. The molecule has 10 heteroatoms. The van der Waals surface area contributed by atoms with Gasteiger partial charge in [-0.25, -0.2) is 19.4 Å². The van der Waals surface area contributed by atoms with E-state index in [1.807, 2.05) is 7.05 Å². The fourth-order valence-electron chi connectivity index (χ4n) is 2.49. The van der Waals surface area contributed by atoms with Crippen LogP contribution in [-0.4, -0.2) is 46.1 Å². The van der Waals surface area contributed by atoms with Crippen molar-refractivity contribution in [1.82, 2.24) is 31.1 Å². The zero-order valence-electron chi connectivity index (χ0n) is 14.6. The molecular weight excluding hydrogens is 373 g/mol. The Morgan fingerprint density at radius 2 is 2.19 bits per heavy atom. The number of aromatic nitrogens is 3. The van der Waals surface area contributed by atoms with Gasteiger partial charge in [-0.3, -0.25) is 10.7 Å². The summed E-state index contributed by atoms with van der Waals surface area (Å²) in [7, 11) is 1.89. The predicted octanol–water partition coefficient (Wildman–Crippen LogP) is 2.12. The maximum Gasteiger partial charge on any atom is 0.178 e. The number of imidazole rings is 1. The Kier molecular flexibility index (Phi) is 6.30. The minimum Gasteiger partial charge on any atom is -0.339 e. The SMILES string of the molecule is CNCCNCc1nc2nccc(C(=Nc3ccc(F)c(Cl)c3)NO)c2[nH]1. The Hall–Kier alpha value is -2.59. The highest BCUT2D eigenvalue weighted by molar-refractivity contribution is 6.31. The van der Waals surface area contributed by atoms with Gasteiger partial charge in [-0.2, -0.15) is 0 Å². The highest BCUT2D eigenvalue weighted by atomic mass is 35.5. The Bertz CT molecular complexity index is 960. The number of likely N-dealkylation sites (N-methyl/N-ethyl adjacent to an activating group) is 1. The van der Waals surface area contributed by atoms with Gasteiger partial charge in [-0.05, 0) is 31.3 Å². The van der Waals surface area contributed by atoms with Gasteiger partial charge in [0.2, 0.25) is 0 Å². The van der Waals surface area contributed by atoms with Crippen molar-refractivity contribution in [3.05, 3.63) is 52.7 Å². The first-order chi connectivity index (χ1) is 13.1. The first-order valence-electron chi connectivity index (χ1n) is 8.25. The van der Waals surface area contributed by atoms with Crippen LogP contribution >= 0.6 is 11.6 Å². The second-order valence-electron chi connectivity index (χ2n) is 5.69. The molecule has 5 N–H and O–H groups in total. The smallest absolute Gasteiger partial charge is 0.178 e. The number of amidine groups is 1. The predicted molar refractivity (Wildman–Crippen MR) is 102 cm³/mol. The number of benzene rings is 1. The van der Waals surface area contributed by atoms with E-state index in [-0.39, 0.29) is 10.9 Å². The number of nitrogens with one attached hydrogen (secondary N) is 4. The molecule has 0 atom stereocenters. The van der Waals surface area contributed by atoms with Gasteiger partial charge in [0.05, 0.1) is 22.8 Å². The van der Waals surface area contributed by atoms with Gasteiger partial charge in [0.1, 0.15) is 11.6 Å². The largest absolute Gasteiger partial charge is 0.339 e. The lowest BCUT2D eigenvalue weighted by atomic mass is 10.2. The fraction of sp³-hybridized carbons (Fsp3) is 0.235. The highest BCUT2D eigenvalue weighted by Gasteiger charge is 2.13. The third-order valence-electron chi connectivity index (χ3n) is 3.79.